The van der Waals surface area contributed by atoms with Gasteiger partial charge < -0.3 is 4.90 Å². The number of benzene rings is 6. The average molecular weight is 648 g/mol. The fraction of sp³-hybridized carbons (Fsp3) is 0.224. The molecule has 6 aromatic rings. The maximum absolute atomic E-state index is 2.70. The standard InChI is InChI=1S/C49H45N/c1-3-39(50(49-28-12-19-35-17-7-10-23-43(35)49)40-21-11-20-36(30-40)34-15-5-4-6-16-34)31-38-29-37-18-8-9-22-42(37)44-25-14-27-46-45-26-13-24-41(33(38)2)47(45)32-48(44)46/h4-12,14-25,27-28,30,33,38-39H,3,13,26,29,31-32H2,1-2H3. The number of nitrogens with zero attached hydrogens (tertiary/aromatic N) is 1. The largest absolute Gasteiger partial charge is 0.338 e. The van der Waals surface area contributed by atoms with Gasteiger partial charge in [0.25, 0.3) is 0 Å². The monoisotopic (exact) mass is 647 g/mol. The molecule has 0 heterocycles. The van der Waals surface area contributed by atoms with Crippen LogP contribution in [0.2, 0.25) is 0 Å². The van der Waals surface area contributed by atoms with E-state index in [1.165, 1.54) is 61.9 Å². The van der Waals surface area contributed by atoms with E-state index in [9.17, 15) is 0 Å². The van der Waals surface area contributed by atoms with Crippen molar-refractivity contribution < 1.29 is 0 Å². The van der Waals surface area contributed by atoms with Crippen molar-refractivity contribution in [2.45, 2.75) is 58.4 Å². The lowest BCUT2D eigenvalue weighted by Gasteiger charge is -2.39. The fourth-order valence-corrected chi connectivity index (χ4v) is 9.47. The summed E-state index contributed by atoms with van der Waals surface area (Å²) < 4.78 is 0. The van der Waals surface area contributed by atoms with Crippen molar-refractivity contribution in [1.29, 1.82) is 0 Å². The Balaban J connectivity index is 1.18. The summed E-state index contributed by atoms with van der Waals surface area (Å²) in [4.78, 5) is 2.70. The molecular weight excluding hydrogens is 603 g/mol. The van der Waals surface area contributed by atoms with Gasteiger partial charge in [0.2, 0.25) is 0 Å². The maximum Gasteiger partial charge on any atom is 0.0493 e. The lowest BCUT2D eigenvalue weighted by Crippen LogP contribution is -2.35. The number of fused-ring (bicyclic) bond motifs is 4. The highest BCUT2D eigenvalue weighted by Crippen LogP contribution is 2.50. The lowest BCUT2D eigenvalue weighted by molar-refractivity contribution is 0.340. The Morgan fingerprint density at radius 1 is 0.680 bits per heavy atom. The Labute approximate surface area is 297 Å². The summed E-state index contributed by atoms with van der Waals surface area (Å²) in [6.07, 6.45) is 9.24. The number of anilines is 2. The Kier molecular flexibility index (Phi) is 8.00. The second-order valence-electron chi connectivity index (χ2n) is 14.7. The van der Waals surface area contributed by atoms with Crippen molar-refractivity contribution >= 4 is 27.7 Å². The summed E-state index contributed by atoms with van der Waals surface area (Å²) in [5, 5.41) is 2.60. The molecule has 0 amide bonds. The summed E-state index contributed by atoms with van der Waals surface area (Å²) >= 11 is 0. The first-order valence-electron chi connectivity index (χ1n) is 18.7. The van der Waals surface area contributed by atoms with Crippen molar-refractivity contribution in [2.24, 2.45) is 11.8 Å². The highest BCUT2D eigenvalue weighted by atomic mass is 15.2. The van der Waals surface area contributed by atoms with Crippen LogP contribution in [0.3, 0.4) is 0 Å². The normalized spacial score (nSPS) is 18.4. The van der Waals surface area contributed by atoms with E-state index in [0.717, 1.165) is 32.1 Å². The van der Waals surface area contributed by atoms with E-state index in [0.29, 0.717) is 17.9 Å². The molecule has 6 aromatic carbocycles. The third-order valence-electron chi connectivity index (χ3n) is 12.0. The van der Waals surface area contributed by atoms with E-state index in [2.05, 4.69) is 164 Å². The highest BCUT2D eigenvalue weighted by Gasteiger charge is 2.36. The van der Waals surface area contributed by atoms with Gasteiger partial charge in [0.05, 0.1) is 0 Å². The van der Waals surface area contributed by atoms with Crippen molar-refractivity contribution in [2.75, 3.05) is 4.90 Å². The van der Waals surface area contributed by atoms with Crippen LogP contribution in [0.15, 0.2) is 157 Å². The van der Waals surface area contributed by atoms with E-state index in [1.54, 1.807) is 22.3 Å². The van der Waals surface area contributed by atoms with Crippen LogP contribution in [0.5, 0.6) is 0 Å². The molecule has 0 spiro atoms. The molecule has 3 atom stereocenters. The molecule has 0 aliphatic heterocycles. The molecule has 0 aromatic heterocycles. The first-order valence-corrected chi connectivity index (χ1v) is 18.7. The van der Waals surface area contributed by atoms with Gasteiger partial charge in [-0.15, -0.1) is 0 Å². The van der Waals surface area contributed by atoms with Crippen LogP contribution in [-0.4, -0.2) is 6.04 Å². The van der Waals surface area contributed by atoms with Crippen molar-refractivity contribution in [1.82, 2.24) is 0 Å². The molecule has 0 fully saturated rings. The summed E-state index contributed by atoms with van der Waals surface area (Å²) in [6, 6.07) is 52.5. The third-order valence-corrected chi connectivity index (χ3v) is 12.0. The Morgan fingerprint density at radius 2 is 1.40 bits per heavy atom. The zero-order valence-electron chi connectivity index (χ0n) is 29.3. The highest BCUT2D eigenvalue weighted by molar-refractivity contribution is 5.96. The predicted molar refractivity (Wildman–Crippen MR) is 213 cm³/mol. The number of allylic oxidation sites excluding steroid dienone is 4. The van der Waals surface area contributed by atoms with Gasteiger partial charge in [-0.1, -0.05) is 141 Å². The Morgan fingerprint density at radius 3 is 2.30 bits per heavy atom. The zero-order valence-corrected chi connectivity index (χ0v) is 29.3. The first-order chi connectivity index (χ1) is 24.7. The number of rotatable bonds is 7. The van der Waals surface area contributed by atoms with Gasteiger partial charge in [-0.25, -0.2) is 0 Å². The molecule has 1 nitrogen and oxygen atoms in total. The van der Waals surface area contributed by atoms with Crippen LogP contribution in [-0.2, 0) is 12.8 Å². The van der Waals surface area contributed by atoms with Crippen LogP contribution >= 0.6 is 0 Å². The van der Waals surface area contributed by atoms with Gasteiger partial charge >= 0.3 is 0 Å². The van der Waals surface area contributed by atoms with Gasteiger partial charge in [0.1, 0.15) is 0 Å². The first kappa shape index (κ1) is 30.9. The van der Waals surface area contributed by atoms with E-state index < -0.39 is 0 Å². The summed E-state index contributed by atoms with van der Waals surface area (Å²) in [7, 11) is 0. The molecule has 0 N–H and O–H groups in total. The molecule has 50 heavy (non-hydrogen) atoms. The summed E-state index contributed by atoms with van der Waals surface area (Å²) in [6.45, 7) is 4.95. The van der Waals surface area contributed by atoms with Gasteiger partial charge in [-0.2, -0.15) is 0 Å². The van der Waals surface area contributed by atoms with Crippen molar-refractivity contribution in [3.8, 4) is 22.3 Å². The molecule has 3 aliphatic rings. The molecule has 1 heteroatoms. The molecule has 9 rings (SSSR count). The molecule has 0 saturated carbocycles. The lowest BCUT2D eigenvalue weighted by atomic mass is 9.73. The van der Waals surface area contributed by atoms with E-state index in [4.69, 9.17) is 0 Å². The van der Waals surface area contributed by atoms with Crippen LogP contribution in [0.1, 0.15) is 56.2 Å². The minimum Gasteiger partial charge on any atom is -0.338 e. The average Bonchev–Trinajstić information content (AvgIpc) is 3.57. The van der Waals surface area contributed by atoms with Crippen LogP contribution < -0.4 is 4.90 Å². The van der Waals surface area contributed by atoms with Crippen LogP contribution in [0.25, 0.3) is 38.6 Å². The molecule has 3 unspecified atom stereocenters. The molecular formula is C49H45N. The van der Waals surface area contributed by atoms with Gasteiger partial charge in [-0.3, -0.25) is 0 Å². The SMILES string of the molecule is CCC(CC1Cc2ccccc2-c2cccc3c2CC2=C3CCC=C2C1C)N(c1cccc(-c2ccccc2)c1)c1cccc2ccccc12. The van der Waals surface area contributed by atoms with Gasteiger partial charge in [-0.05, 0) is 130 Å². The van der Waals surface area contributed by atoms with E-state index in [1.807, 2.05) is 0 Å². The van der Waals surface area contributed by atoms with Crippen LogP contribution in [0, 0.1) is 11.8 Å². The molecule has 2 bridgehead atoms. The minimum absolute atomic E-state index is 0.312. The second kappa shape index (κ2) is 13.0. The van der Waals surface area contributed by atoms with E-state index in [-0.39, 0.29) is 0 Å². The van der Waals surface area contributed by atoms with Crippen LogP contribution in [0.4, 0.5) is 11.4 Å². The van der Waals surface area contributed by atoms with Gasteiger partial charge in [0.15, 0.2) is 0 Å². The third kappa shape index (κ3) is 5.32. The maximum atomic E-state index is 2.70. The summed E-state index contributed by atoms with van der Waals surface area (Å²) in [5.41, 5.74) is 17.4. The van der Waals surface area contributed by atoms with E-state index >= 15 is 0 Å². The Hall–Kier alpha value is -5.14. The van der Waals surface area contributed by atoms with Crippen molar-refractivity contribution in [3.63, 3.8) is 0 Å². The number of hydrogen-bond acceptors (Lipinski definition) is 1. The Bertz CT molecular complexity index is 2270. The smallest absolute Gasteiger partial charge is 0.0493 e. The molecule has 246 valence electrons. The number of hydrogen-bond donors (Lipinski definition) is 0. The fourth-order valence-electron chi connectivity index (χ4n) is 9.47. The molecule has 0 saturated heterocycles. The zero-order chi connectivity index (χ0) is 33.6. The van der Waals surface area contributed by atoms with Crippen molar-refractivity contribution in [3.05, 3.63) is 173 Å². The second-order valence-corrected chi connectivity index (χ2v) is 14.7. The van der Waals surface area contributed by atoms with Gasteiger partial charge in [0, 0.05) is 22.8 Å². The quantitative estimate of drug-likeness (QED) is 0.167. The minimum atomic E-state index is 0.312. The summed E-state index contributed by atoms with van der Waals surface area (Å²) in [5.74, 6) is 0.942. The molecule has 0 radical (unpaired) electrons. The molecule has 3 aliphatic carbocycles. The topological polar surface area (TPSA) is 3.24 Å². The predicted octanol–water partition coefficient (Wildman–Crippen LogP) is 13.0.